The number of aliphatic carboxylic acids is 2. The van der Waals surface area contributed by atoms with Crippen LogP contribution in [0.15, 0.2) is 18.2 Å². The Morgan fingerprint density at radius 3 is 1.92 bits per heavy atom. The van der Waals surface area contributed by atoms with Crippen LogP contribution < -0.4 is 14.2 Å². The van der Waals surface area contributed by atoms with Gasteiger partial charge in [-0.05, 0) is 19.2 Å². The lowest BCUT2D eigenvalue weighted by atomic mass is 10.3. The van der Waals surface area contributed by atoms with Crippen molar-refractivity contribution in [2.75, 3.05) is 60.6 Å². The molecule has 1 aliphatic rings. The number of likely N-dealkylation sites (N-methyl/N-ethyl adjacent to an activating group) is 1. The van der Waals surface area contributed by atoms with E-state index < -0.39 is 11.9 Å². The number of hydrogen-bond acceptors (Lipinski definition) is 7. The Morgan fingerprint density at radius 2 is 1.50 bits per heavy atom. The van der Waals surface area contributed by atoms with Crippen LogP contribution >= 0.6 is 0 Å². The Morgan fingerprint density at radius 1 is 1.00 bits per heavy atom. The van der Waals surface area contributed by atoms with Gasteiger partial charge in [-0.15, -0.1) is 0 Å². The maximum atomic E-state index is 9.10. The quantitative estimate of drug-likeness (QED) is 0.691. The summed E-state index contributed by atoms with van der Waals surface area (Å²) < 4.78 is 16.5. The fourth-order valence-corrected chi connectivity index (χ4v) is 2.31. The number of rotatable bonds is 6. The van der Waals surface area contributed by atoms with Gasteiger partial charge in [0.1, 0.15) is 6.61 Å². The van der Waals surface area contributed by atoms with E-state index in [0.717, 1.165) is 32.7 Å². The van der Waals surface area contributed by atoms with Gasteiger partial charge >= 0.3 is 11.9 Å². The van der Waals surface area contributed by atoms with E-state index in [1.54, 1.807) is 14.2 Å². The topological polar surface area (TPSA) is 109 Å². The summed E-state index contributed by atoms with van der Waals surface area (Å²) in [7, 11) is 5.44. The fraction of sp³-hybridized carbons (Fsp3) is 0.529. The van der Waals surface area contributed by atoms with Crippen molar-refractivity contribution in [1.29, 1.82) is 0 Å². The Balaban J connectivity index is 0.000000487. The first kappa shape index (κ1) is 21.5. The van der Waals surface area contributed by atoms with Gasteiger partial charge in [-0.1, -0.05) is 6.07 Å². The Bertz CT molecular complexity index is 552. The van der Waals surface area contributed by atoms with Gasteiger partial charge in [0.15, 0.2) is 11.5 Å². The molecule has 1 fully saturated rings. The van der Waals surface area contributed by atoms with Gasteiger partial charge in [0.05, 0.1) is 14.2 Å². The molecule has 26 heavy (non-hydrogen) atoms. The molecule has 0 atom stereocenters. The Labute approximate surface area is 152 Å². The molecule has 2 rings (SSSR count). The van der Waals surface area contributed by atoms with E-state index in [1.165, 1.54) is 0 Å². The van der Waals surface area contributed by atoms with Crippen LogP contribution in [-0.2, 0) is 9.59 Å². The molecule has 0 radical (unpaired) electrons. The number of methoxy groups -OCH3 is 2. The summed E-state index contributed by atoms with van der Waals surface area (Å²) in [6.45, 7) is 6.01. The molecule has 9 nitrogen and oxygen atoms in total. The second kappa shape index (κ2) is 11.2. The molecule has 9 heteroatoms. The van der Waals surface area contributed by atoms with Crippen LogP contribution in [0.4, 0.5) is 0 Å². The fourth-order valence-electron chi connectivity index (χ4n) is 2.31. The van der Waals surface area contributed by atoms with Crippen molar-refractivity contribution in [1.82, 2.24) is 9.80 Å². The standard InChI is InChI=1S/C15H24N2O3.C2H2O4/c1-16-7-9-17(10-8-16)11-12-20-15-13(18-2)5-4-6-14(15)19-3;3-1(4)2(5)6/h4-6H,7-12H2,1-3H3;(H,3,4)(H,5,6). The number of carboxylic acid groups (broad SMARTS) is 2. The molecule has 0 aromatic heterocycles. The molecule has 0 spiro atoms. The number of ether oxygens (including phenoxy) is 3. The third kappa shape index (κ3) is 7.16. The molecule has 0 unspecified atom stereocenters. The van der Waals surface area contributed by atoms with E-state index in [1.807, 2.05) is 18.2 Å². The molecule has 146 valence electrons. The lowest BCUT2D eigenvalue weighted by Crippen LogP contribution is -2.45. The van der Waals surface area contributed by atoms with Crippen molar-refractivity contribution >= 4 is 11.9 Å². The number of nitrogens with zero attached hydrogens (tertiary/aromatic N) is 2. The van der Waals surface area contributed by atoms with Crippen LogP contribution in [-0.4, -0.2) is 92.5 Å². The predicted octanol–water partition coefficient (Wildman–Crippen LogP) is 0.486. The molecular weight excluding hydrogens is 344 g/mol. The zero-order chi connectivity index (χ0) is 19.5. The third-order valence-corrected chi connectivity index (χ3v) is 3.82. The van der Waals surface area contributed by atoms with Crippen molar-refractivity contribution in [2.45, 2.75) is 0 Å². The van der Waals surface area contributed by atoms with Gasteiger partial charge in [0.25, 0.3) is 0 Å². The number of carbonyl (C=O) groups is 2. The predicted molar refractivity (Wildman–Crippen MR) is 94.2 cm³/mol. The Kier molecular flexibility index (Phi) is 9.24. The molecule has 0 aliphatic carbocycles. The molecule has 1 aromatic carbocycles. The molecular formula is C17H26N2O7. The molecule has 1 saturated heterocycles. The van der Waals surface area contributed by atoms with E-state index in [9.17, 15) is 0 Å². The van der Waals surface area contributed by atoms with Crippen LogP contribution in [0.25, 0.3) is 0 Å². The second-order valence-electron chi connectivity index (χ2n) is 5.60. The lowest BCUT2D eigenvalue weighted by Gasteiger charge is -2.32. The van der Waals surface area contributed by atoms with Gasteiger partial charge < -0.3 is 29.3 Å². The summed E-state index contributed by atoms with van der Waals surface area (Å²) in [6.07, 6.45) is 0. The summed E-state index contributed by atoms with van der Waals surface area (Å²) in [5, 5.41) is 14.8. The van der Waals surface area contributed by atoms with Gasteiger partial charge in [0, 0.05) is 32.7 Å². The monoisotopic (exact) mass is 370 g/mol. The molecule has 1 heterocycles. The highest BCUT2D eigenvalue weighted by molar-refractivity contribution is 6.27. The highest BCUT2D eigenvalue weighted by Crippen LogP contribution is 2.36. The zero-order valence-corrected chi connectivity index (χ0v) is 15.3. The highest BCUT2D eigenvalue weighted by atomic mass is 16.5. The SMILES string of the molecule is COc1cccc(OC)c1OCCN1CCN(C)CC1.O=C(O)C(=O)O. The number of piperazine rings is 1. The molecule has 0 amide bonds. The second-order valence-corrected chi connectivity index (χ2v) is 5.60. The number of hydrogen-bond donors (Lipinski definition) is 2. The van der Waals surface area contributed by atoms with Crippen LogP contribution in [0.2, 0.25) is 0 Å². The maximum absolute atomic E-state index is 9.10. The van der Waals surface area contributed by atoms with Crippen molar-refractivity contribution in [2.24, 2.45) is 0 Å². The van der Waals surface area contributed by atoms with Crippen LogP contribution in [0.1, 0.15) is 0 Å². The number of benzene rings is 1. The van der Waals surface area contributed by atoms with Gasteiger partial charge in [-0.25, -0.2) is 9.59 Å². The van der Waals surface area contributed by atoms with Crippen molar-refractivity contribution in [3.05, 3.63) is 18.2 Å². The van der Waals surface area contributed by atoms with E-state index in [4.69, 9.17) is 34.0 Å². The van der Waals surface area contributed by atoms with Crippen LogP contribution in [0, 0.1) is 0 Å². The zero-order valence-electron chi connectivity index (χ0n) is 15.3. The largest absolute Gasteiger partial charge is 0.493 e. The van der Waals surface area contributed by atoms with E-state index in [-0.39, 0.29) is 0 Å². The highest BCUT2D eigenvalue weighted by Gasteiger charge is 2.15. The summed E-state index contributed by atoms with van der Waals surface area (Å²) >= 11 is 0. The summed E-state index contributed by atoms with van der Waals surface area (Å²) in [4.78, 5) is 23.0. The third-order valence-electron chi connectivity index (χ3n) is 3.82. The average molecular weight is 370 g/mol. The summed E-state index contributed by atoms with van der Waals surface area (Å²) in [5.74, 6) is -1.54. The summed E-state index contributed by atoms with van der Waals surface area (Å²) in [6, 6.07) is 5.66. The molecule has 2 N–H and O–H groups in total. The van der Waals surface area contributed by atoms with Gasteiger partial charge in [-0.3, -0.25) is 4.90 Å². The van der Waals surface area contributed by atoms with Gasteiger partial charge in [-0.2, -0.15) is 0 Å². The Hall–Kier alpha value is -2.52. The molecule has 0 bridgehead atoms. The first-order valence-corrected chi connectivity index (χ1v) is 8.10. The maximum Gasteiger partial charge on any atom is 0.414 e. The lowest BCUT2D eigenvalue weighted by molar-refractivity contribution is -0.159. The normalized spacial score (nSPS) is 14.7. The molecule has 0 saturated carbocycles. The molecule has 1 aromatic rings. The first-order valence-electron chi connectivity index (χ1n) is 8.10. The van der Waals surface area contributed by atoms with E-state index >= 15 is 0 Å². The number of carboxylic acids is 2. The van der Waals surface area contributed by atoms with Crippen molar-refractivity contribution < 1.29 is 34.0 Å². The van der Waals surface area contributed by atoms with Crippen molar-refractivity contribution in [3.8, 4) is 17.2 Å². The van der Waals surface area contributed by atoms with E-state index in [0.29, 0.717) is 23.9 Å². The first-order chi connectivity index (χ1) is 12.4. The minimum Gasteiger partial charge on any atom is -0.493 e. The minimum absolute atomic E-state index is 0.639. The summed E-state index contributed by atoms with van der Waals surface area (Å²) in [5.41, 5.74) is 0. The van der Waals surface area contributed by atoms with Crippen molar-refractivity contribution in [3.63, 3.8) is 0 Å². The number of para-hydroxylation sites is 1. The van der Waals surface area contributed by atoms with Crippen LogP contribution in [0.3, 0.4) is 0 Å². The smallest absolute Gasteiger partial charge is 0.414 e. The van der Waals surface area contributed by atoms with Gasteiger partial charge in [0.2, 0.25) is 5.75 Å². The van der Waals surface area contributed by atoms with Crippen LogP contribution in [0.5, 0.6) is 17.2 Å². The van der Waals surface area contributed by atoms with E-state index in [2.05, 4.69) is 16.8 Å². The molecule has 1 aliphatic heterocycles. The average Bonchev–Trinajstić information content (AvgIpc) is 2.63. The minimum atomic E-state index is -1.82.